The van der Waals surface area contributed by atoms with Crippen molar-refractivity contribution in [3.63, 3.8) is 0 Å². The molecule has 0 aromatic heterocycles. The van der Waals surface area contributed by atoms with Crippen LogP contribution in [0.25, 0.3) is 0 Å². The van der Waals surface area contributed by atoms with E-state index in [1.54, 1.807) is 0 Å². The lowest BCUT2D eigenvalue weighted by Gasteiger charge is -2.17. The van der Waals surface area contributed by atoms with Crippen LogP contribution < -0.4 is 3.11 Å². The van der Waals surface area contributed by atoms with Gasteiger partial charge in [-0.25, -0.2) is 0 Å². The predicted molar refractivity (Wildman–Crippen MR) is 78.5 cm³/mol. The Morgan fingerprint density at radius 1 is 0.688 bits per heavy atom. The van der Waals surface area contributed by atoms with Crippen LogP contribution in [0, 0.1) is 13.8 Å². The van der Waals surface area contributed by atoms with Gasteiger partial charge in [-0.2, -0.15) is 0 Å². The van der Waals surface area contributed by atoms with Crippen molar-refractivity contribution in [3.05, 3.63) is 59.7 Å². The molecule has 0 spiro atoms. The third-order valence-electron chi connectivity index (χ3n) is 2.52. The van der Waals surface area contributed by atoms with Crippen molar-refractivity contribution in [1.82, 2.24) is 0 Å². The molecule has 0 heterocycles. The first kappa shape index (κ1) is 11.5. The Labute approximate surface area is 111 Å². The molecule has 0 fully saturated rings. The number of hydrogen-bond donors (Lipinski definition) is 0. The monoisotopic (exact) mass is 323 g/mol. The Kier molecular flexibility index (Phi) is 3.49. The Balaban J connectivity index is 2.28. The quantitative estimate of drug-likeness (QED) is 0.567. The Hall–Kier alpha value is -1.03. The van der Waals surface area contributed by atoms with E-state index >= 15 is 0 Å². The van der Waals surface area contributed by atoms with Gasteiger partial charge in [-0.05, 0) is 38.1 Å². The summed E-state index contributed by atoms with van der Waals surface area (Å²) < 4.78 is 2.16. The summed E-state index contributed by atoms with van der Waals surface area (Å²) in [7, 11) is 0. The van der Waals surface area contributed by atoms with E-state index in [4.69, 9.17) is 0 Å². The van der Waals surface area contributed by atoms with Gasteiger partial charge in [0, 0.05) is 0 Å². The minimum atomic E-state index is 1.20. The molecule has 0 bridgehead atoms. The molecule has 0 aliphatic carbocycles. The highest BCUT2D eigenvalue weighted by atomic mass is 127. The largest absolute Gasteiger partial charge is 0.283 e. The summed E-state index contributed by atoms with van der Waals surface area (Å²) >= 11 is 2.33. The molecule has 0 amide bonds. The Morgan fingerprint density at radius 2 is 1.00 bits per heavy atom. The van der Waals surface area contributed by atoms with Crippen molar-refractivity contribution in [1.29, 1.82) is 0 Å². The average Bonchev–Trinajstić information content (AvgIpc) is 2.30. The molecule has 0 radical (unpaired) electrons. The molecule has 0 unspecified atom stereocenters. The van der Waals surface area contributed by atoms with Crippen molar-refractivity contribution in [2.45, 2.75) is 13.8 Å². The molecule has 0 aliphatic rings. The summed E-state index contributed by atoms with van der Waals surface area (Å²) in [5.41, 5.74) is 4.99. The lowest BCUT2D eigenvalue weighted by atomic mass is 10.2. The number of anilines is 2. The maximum atomic E-state index is 2.33. The molecule has 2 heteroatoms. The fourth-order valence-electron chi connectivity index (χ4n) is 1.50. The van der Waals surface area contributed by atoms with E-state index in [2.05, 4.69) is 88.4 Å². The van der Waals surface area contributed by atoms with Crippen LogP contribution in [0.4, 0.5) is 11.4 Å². The molecular weight excluding hydrogens is 309 g/mol. The first-order chi connectivity index (χ1) is 7.66. The van der Waals surface area contributed by atoms with E-state index in [-0.39, 0.29) is 0 Å². The molecular formula is C14H14IN. The van der Waals surface area contributed by atoms with Gasteiger partial charge in [0.15, 0.2) is 0 Å². The van der Waals surface area contributed by atoms with Crippen molar-refractivity contribution in [2.24, 2.45) is 0 Å². The third kappa shape index (κ3) is 2.55. The van der Waals surface area contributed by atoms with Gasteiger partial charge < -0.3 is 0 Å². The normalized spacial score (nSPS) is 10.2. The smallest absolute Gasteiger partial charge is 0.0646 e. The molecule has 0 atom stereocenters. The van der Waals surface area contributed by atoms with E-state index in [1.165, 1.54) is 22.5 Å². The van der Waals surface area contributed by atoms with Gasteiger partial charge in [-0.15, -0.1) is 0 Å². The highest BCUT2D eigenvalue weighted by Crippen LogP contribution is 2.29. The molecule has 82 valence electrons. The molecule has 2 aromatic carbocycles. The number of nitrogens with zero attached hydrogens (tertiary/aromatic N) is 1. The zero-order chi connectivity index (χ0) is 11.5. The van der Waals surface area contributed by atoms with Crippen LogP contribution in [0.15, 0.2) is 48.5 Å². The number of aryl methyl sites for hydroxylation is 2. The third-order valence-corrected chi connectivity index (χ3v) is 3.64. The Bertz CT molecular complexity index is 414. The predicted octanol–water partition coefficient (Wildman–Crippen LogP) is 4.79. The van der Waals surface area contributed by atoms with Crippen molar-refractivity contribution >= 4 is 34.2 Å². The van der Waals surface area contributed by atoms with E-state index in [9.17, 15) is 0 Å². The molecule has 2 rings (SSSR count). The first-order valence-corrected chi connectivity index (χ1v) is 6.22. The summed E-state index contributed by atoms with van der Waals surface area (Å²) in [5.74, 6) is 0. The first-order valence-electron chi connectivity index (χ1n) is 5.26. The average molecular weight is 323 g/mol. The number of benzene rings is 2. The van der Waals surface area contributed by atoms with Crippen LogP contribution in [0.5, 0.6) is 0 Å². The SMILES string of the molecule is Cc1ccc(N(I)c2ccc(C)cc2)cc1. The van der Waals surface area contributed by atoms with Crippen LogP contribution in [-0.4, -0.2) is 0 Å². The van der Waals surface area contributed by atoms with Gasteiger partial charge in [0.05, 0.1) is 34.2 Å². The summed E-state index contributed by atoms with van der Waals surface area (Å²) in [6, 6.07) is 17.1. The lowest BCUT2D eigenvalue weighted by Crippen LogP contribution is -2.00. The maximum Gasteiger partial charge on any atom is 0.0646 e. The van der Waals surface area contributed by atoms with Crippen LogP contribution in [0.3, 0.4) is 0 Å². The summed E-state index contributed by atoms with van der Waals surface area (Å²) in [6.07, 6.45) is 0. The van der Waals surface area contributed by atoms with Crippen molar-refractivity contribution in [2.75, 3.05) is 3.11 Å². The van der Waals surface area contributed by atoms with E-state index in [0.717, 1.165) is 0 Å². The maximum absolute atomic E-state index is 2.33. The molecule has 2 aromatic rings. The van der Waals surface area contributed by atoms with Gasteiger partial charge in [-0.1, -0.05) is 35.4 Å². The van der Waals surface area contributed by atoms with Crippen molar-refractivity contribution in [3.8, 4) is 0 Å². The highest BCUT2D eigenvalue weighted by Gasteiger charge is 2.04. The summed E-state index contributed by atoms with van der Waals surface area (Å²) in [5, 5.41) is 0. The van der Waals surface area contributed by atoms with E-state index in [1.807, 2.05) is 0 Å². The zero-order valence-electron chi connectivity index (χ0n) is 9.44. The Morgan fingerprint density at radius 3 is 1.31 bits per heavy atom. The van der Waals surface area contributed by atoms with Crippen LogP contribution in [0.1, 0.15) is 11.1 Å². The number of halogens is 1. The van der Waals surface area contributed by atoms with Gasteiger partial charge in [-0.3, -0.25) is 3.11 Å². The molecule has 0 aliphatic heterocycles. The molecule has 0 saturated heterocycles. The minimum absolute atomic E-state index is 1.20. The van der Waals surface area contributed by atoms with Gasteiger partial charge >= 0.3 is 0 Å². The van der Waals surface area contributed by atoms with Crippen LogP contribution in [-0.2, 0) is 0 Å². The second-order valence-electron chi connectivity index (χ2n) is 3.95. The van der Waals surface area contributed by atoms with E-state index < -0.39 is 0 Å². The number of hydrogen-bond acceptors (Lipinski definition) is 1. The van der Waals surface area contributed by atoms with E-state index in [0.29, 0.717) is 0 Å². The van der Waals surface area contributed by atoms with Gasteiger partial charge in [0.1, 0.15) is 0 Å². The van der Waals surface area contributed by atoms with Gasteiger partial charge in [0.25, 0.3) is 0 Å². The van der Waals surface area contributed by atoms with Gasteiger partial charge in [0.2, 0.25) is 0 Å². The molecule has 0 N–H and O–H groups in total. The fourth-order valence-corrected chi connectivity index (χ4v) is 2.14. The highest BCUT2D eigenvalue weighted by molar-refractivity contribution is 14.1. The minimum Gasteiger partial charge on any atom is -0.283 e. The summed E-state index contributed by atoms with van der Waals surface area (Å²) in [4.78, 5) is 0. The molecule has 0 saturated carbocycles. The van der Waals surface area contributed by atoms with Crippen LogP contribution >= 0.6 is 22.9 Å². The fraction of sp³-hybridized carbons (Fsp3) is 0.143. The zero-order valence-corrected chi connectivity index (χ0v) is 11.6. The van der Waals surface area contributed by atoms with Crippen LogP contribution in [0.2, 0.25) is 0 Å². The lowest BCUT2D eigenvalue weighted by molar-refractivity contribution is 1.40. The standard InChI is InChI=1S/C14H14IN/c1-11-3-7-13(8-4-11)16(15)14-9-5-12(2)6-10-14/h3-10H,1-2H3. The second kappa shape index (κ2) is 4.87. The number of rotatable bonds is 2. The molecule has 16 heavy (non-hydrogen) atoms. The summed E-state index contributed by atoms with van der Waals surface area (Å²) in [6.45, 7) is 4.21. The molecule has 1 nitrogen and oxygen atoms in total. The van der Waals surface area contributed by atoms with Crippen molar-refractivity contribution < 1.29 is 0 Å². The second-order valence-corrected chi connectivity index (χ2v) is 4.92. The topological polar surface area (TPSA) is 3.24 Å².